The Labute approximate surface area is 107 Å². The van der Waals surface area contributed by atoms with Crippen molar-refractivity contribution in [2.45, 2.75) is 38.1 Å². The first kappa shape index (κ1) is 13.5. The third-order valence-electron chi connectivity index (χ3n) is 3.15. The Morgan fingerprint density at radius 3 is 2.67 bits per heavy atom. The van der Waals surface area contributed by atoms with Crippen LogP contribution in [0.15, 0.2) is 4.90 Å². The second kappa shape index (κ2) is 4.99. The molecule has 1 saturated carbocycles. The highest BCUT2D eigenvalue weighted by Crippen LogP contribution is 2.28. The summed E-state index contributed by atoms with van der Waals surface area (Å²) in [6, 6.07) is 0. The van der Waals surface area contributed by atoms with Crippen molar-refractivity contribution < 1.29 is 13.5 Å². The van der Waals surface area contributed by atoms with Crippen LogP contribution in [0, 0.1) is 19.8 Å². The highest BCUT2D eigenvalue weighted by Gasteiger charge is 2.28. The van der Waals surface area contributed by atoms with Crippen molar-refractivity contribution in [2.75, 3.05) is 13.2 Å². The van der Waals surface area contributed by atoms with Crippen LogP contribution < -0.4 is 4.72 Å². The Balaban J connectivity index is 2.24. The van der Waals surface area contributed by atoms with Gasteiger partial charge in [-0.1, -0.05) is 0 Å². The molecule has 1 aliphatic carbocycles. The molecule has 18 heavy (non-hydrogen) atoms. The van der Waals surface area contributed by atoms with Gasteiger partial charge in [-0.3, -0.25) is 4.68 Å². The molecule has 0 amide bonds. The molecule has 2 N–H and O–H groups in total. The van der Waals surface area contributed by atoms with Gasteiger partial charge in [0.15, 0.2) is 0 Å². The Hall–Kier alpha value is -0.920. The summed E-state index contributed by atoms with van der Waals surface area (Å²) in [5.74, 6) is 0.493. The average Bonchev–Trinajstić information content (AvgIpc) is 3.05. The quantitative estimate of drug-likeness (QED) is 0.774. The van der Waals surface area contributed by atoms with E-state index >= 15 is 0 Å². The molecule has 6 nitrogen and oxygen atoms in total. The van der Waals surface area contributed by atoms with Crippen LogP contribution in [0.3, 0.4) is 0 Å². The molecule has 0 spiro atoms. The van der Waals surface area contributed by atoms with E-state index in [9.17, 15) is 8.42 Å². The van der Waals surface area contributed by atoms with Gasteiger partial charge in [-0.15, -0.1) is 0 Å². The van der Waals surface area contributed by atoms with Gasteiger partial charge in [-0.2, -0.15) is 5.10 Å². The Kier molecular flexibility index (Phi) is 3.74. The number of aliphatic hydroxyl groups is 1. The Bertz CT molecular complexity index is 532. The average molecular weight is 273 g/mol. The molecule has 1 aliphatic rings. The minimum Gasteiger partial charge on any atom is -0.394 e. The molecule has 7 heteroatoms. The first-order chi connectivity index (χ1) is 8.45. The zero-order chi connectivity index (χ0) is 13.3. The molecule has 0 aliphatic heterocycles. The lowest BCUT2D eigenvalue weighted by molar-refractivity contribution is 0.267. The summed E-state index contributed by atoms with van der Waals surface area (Å²) in [5, 5.41) is 13.1. The third-order valence-corrected chi connectivity index (χ3v) is 4.83. The number of aromatic nitrogens is 2. The lowest BCUT2D eigenvalue weighted by Crippen LogP contribution is -2.26. The third kappa shape index (κ3) is 2.73. The van der Waals surface area contributed by atoms with Crippen molar-refractivity contribution in [1.82, 2.24) is 14.5 Å². The largest absolute Gasteiger partial charge is 0.394 e. The van der Waals surface area contributed by atoms with Gasteiger partial charge in [-0.25, -0.2) is 13.1 Å². The number of rotatable bonds is 6. The number of sulfonamides is 1. The lowest BCUT2D eigenvalue weighted by Gasteiger charge is -2.06. The van der Waals surface area contributed by atoms with Gasteiger partial charge in [0.25, 0.3) is 0 Å². The molecular weight excluding hydrogens is 254 g/mol. The zero-order valence-corrected chi connectivity index (χ0v) is 11.5. The van der Waals surface area contributed by atoms with Gasteiger partial charge in [-0.05, 0) is 32.6 Å². The second-order valence-electron chi connectivity index (χ2n) is 4.74. The van der Waals surface area contributed by atoms with E-state index in [1.165, 1.54) is 4.68 Å². The number of hydrogen-bond donors (Lipinski definition) is 2. The van der Waals surface area contributed by atoms with Crippen LogP contribution in [0.1, 0.15) is 24.2 Å². The van der Waals surface area contributed by atoms with Crippen LogP contribution >= 0.6 is 0 Å². The maximum absolute atomic E-state index is 12.2. The molecule has 1 fully saturated rings. The molecule has 0 aromatic carbocycles. The van der Waals surface area contributed by atoms with Crippen LogP contribution in [0.4, 0.5) is 0 Å². The number of aryl methyl sites for hydroxylation is 1. The standard InChI is InChI=1S/C11H19N3O3S/c1-8-11(9(2)14(13-8)5-6-15)18(16,17)12-7-10-3-4-10/h10,12,15H,3-7H2,1-2H3. The summed E-state index contributed by atoms with van der Waals surface area (Å²) in [7, 11) is -3.49. The van der Waals surface area contributed by atoms with Crippen LogP contribution in [0.2, 0.25) is 0 Å². The second-order valence-corrected chi connectivity index (χ2v) is 6.45. The molecule has 2 rings (SSSR count). The monoisotopic (exact) mass is 273 g/mol. The van der Waals surface area contributed by atoms with E-state index in [4.69, 9.17) is 5.11 Å². The van der Waals surface area contributed by atoms with E-state index in [1.807, 2.05) is 0 Å². The molecule has 0 unspecified atom stereocenters. The van der Waals surface area contributed by atoms with Crippen molar-refractivity contribution in [1.29, 1.82) is 0 Å². The molecule has 0 atom stereocenters. The van der Waals surface area contributed by atoms with Crippen molar-refractivity contribution in [3.63, 3.8) is 0 Å². The van der Waals surface area contributed by atoms with E-state index in [0.717, 1.165) is 12.8 Å². The first-order valence-corrected chi connectivity index (χ1v) is 7.58. The smallest absolute Gasteiger partial charge is 0.244 e. The highest BCUT2D eigenvalue weighted by molar-refractivity contribution is 7.89. The van der Waals surface area contributed by atoms with Gasteiger partial charge in [0.05, 0.1) is 24.5 Å². The van der Waals surface area contributed by atoms with Gasteiger partial charge < -0.3 is 5.11 Å². The summed E-state index contributed by atoms with van der Waals surface area (Å²) in [6.07, 6.45) is 2.20. The zero-order valence-electron chi connectivity index (χ0n) is 10.7. The van der Waals surface area contributed by atoms with Crippen molar-refractivity contribution >= 4 is 10.0 Å². The normalized spacial score (nSPS) is 16.2. The van der Waals surface area contributed by atoms with E-state index < -0.39 is 10.0 Å². The van der Waals surface area contributed by atoms with Crippen LogP contribution in [-0.2, 0) is 16.6 Å². The van der Waals surface area contributed by atoms with Gasteiger partial charge >= 0.3 is 0 Å². The highest BCUT2D eigenvalue weighted by atomic mass is 32.2. The molecule has 102 valence electrons. The van der Waals surface area contributed by atoms with Crippen LogP contribution in [-0.4, -0.2) is 36.5 Å². The van der Waals surface area contributed by atoms with Crippen LogP contribution in [0.25, 0.3) is 0 Å². The summed E-state index contributed by atoms with van der Waals surface area (Å²) in [4.78, 5) is 0.247. The minimum absolute atomic E-state index is 0.0586. The van der Waals surface area contributed by atoms with Crippen molar-refractivity contribution in [3.8, 4) is 0 Å². The predicted molar refractivity (Wildman–Crippen MR) is 66.7 cm³/mol. The van der Waals surface area contributed by atoms with E-state index in [2.05, 4.69) is 9.82 Å². The molecule has 0 radical (unpaired) electrons. The van der Waals surface area contributed by atoms with Crippen molar-refractivity contribution in [2.24, 2.45) is 5.92 Å². The van der Waals surface area contributed by atoms with Gasteiger partial charge in [0, 0.05) is 6.54 Å². The maximum atomic E-state index is 12.2. The predicted octanol–water partition coefficient (Wildman–Crippen LogP) is 0.181. The number of hydrogen-bond acceptors (Lipinski definition) is 4. The fourth-order valence-corrected chi connectivity index (χ4v) is 3.53. The summed E-state index contributed by atoms with van der Waals surface area (Å²) in [5.41, 5.74) is 1.05. The number of aliphatic hydroxyl groups excluding tert-OH is 1. The molecule has 1 heterocycles. The molecule has 1 aromatic heterocycles. The molecule has 1 aromatic rings. The molecular formula is C11H19N3O3S. The lowest BCUT2D eigenvalue weighted by atomic mass is 10.4. The summed E-state index contributed by atoms with van der Waals surface area (Å²) in [6.45, 7) is 4.14. The topological polar surface area (TPSA) is 84.2 Å². The van der Waals surface area contributed by atoms with Gasteiger partial charge in [0.1, 0.15) is 4.90 Å². The number of nitrogens with zero attached hydrogens (tertiary/aromatic N) is 2. The van der Waals surface area contributed by atoms with Crippen molar-refractivity contribution in [3.05, 3.63) is 11.4 Å². The Morgan fingerprint density at radius 2 is 2.11 bits per heavy atom. The number of nitrogens with one attached hydrogen (secondary N) is 1. The molecule has 0 saturated heterocycles. The SMILES string of the molecule is Cc1nn(CCO)c(C)c1S(=O)(=O)NCC1CC1. The van der Waals surface area contributed by atoms with E-state index in [0.29, 0.717) is 30.4 Å². The Morgan fingerprint density at radius 1 is 1.44 bits per heavy atom. The summed E-state index contributed by atoms with van der Waals surface area (Å²) < 4.78 is 28.6. The molecule has 0 bridgehead atoms. The van der Waals surface area contributed by atoms with E-state index in [1.54, 1.807) is 13.8 Å². The maximum Gasteiger partial charge on any atom is 0.244 e. The van der Waals surface area contributed by atoms with Gasteiger partial charge in [0.2, 0.25) is 10.0 Å². The summed E-state index contributed by atoms with van der Waals surface area (Å²) >= 11 is 0. The van der Waals surface area contributed by atoms with E-state index in [-0.39, 0.29) is 11.5 Å². The minimum atomic E-state index is -3.49. The fourth-order valence-electron chi connectivity index (χ4n) is 2.00. The first-order valence-electron chi connectivity index (χ1n) is 6.10. The van der Waals surface area contributed by atoms with Crippen LogP contribution in [0.5, 0.6) is 0 Å². The fraction of sp³-hybridized carbons (Fsp3) is 0.727.